The fourth-order valence-electron chi connectivity index (χ4n) is 2.63. The lowest BCUT2D eigenvalue weighted by molar-refractivity contribution is 0.415. The number of benzene rings is 1. The summed E-state index contributed by atoms with van der Waals surface area (Å²) in [6, 6.07) is 12.1. The highest BCUT2D eigenvalue weighted by atomic mass is 32.1. The predicted octanol–water partition coefficient (Wildman–Crippen LogP) is 4.01. The van der Waals surface area contributed by atoms with Gasteiger partial charge in [0.15, 0.2) is 10.7 Å². The van der Waals surface area contributed by atoms with E-state index in [9.17, 15) is 0 Å². The summed E-state index contributed by atoms with van der Waals surface area (Å²) in [6.07, 6.45) is 1.93. The first-order valence-corrected chi connectivity index (χ1v) is 8.42. The topological polar surface area (TPSA) is 26.6 Å². The molecule has 0 saturated carbocycles. The number of hydrogen-bond acceptors (Lipinski definition) is 4. The van der Waals surface area contributed by atoms with Crippen molar-refractivity contribution in [3.8, 4) is 17.0 Å². The van der Waals surface area contributed by atoms with Crippen LogP contribution in [-0.2, 0) is 11.8 Å². The monoisotopic (exact) mass is 358 g/mol. The average Bonchev–Trinajstić information content (AvgIpc) is 3.08. The number of thiocarbonyl (C=S) groups is 2. The van der Waals surface area contributed by atoms with Crippen molar-refractivity contribution >= 4 is 40.7 Å². The van der Waals surface area contributed by atoms with E-state index in [1.165, 1.54) is 0 Å². The second kappa shape index (κ2) is 6.75. The van der Waals surface area contributed by atoms with Crippen molar-refractivity contribution in [3.63, 3.8) is 0 Å². The van der Waals surface area contributed by atoms with Gasteiger partial charge in [-0.05, 0) is 61.1 Å². The molecule has 3 rings (SSSR count). The SMILES string of the molecule is CCN1C(=S)OC(=Cc2ccc(-c3ccc(OC)cc3)n2C)C1=S. The first-order chi connectivity index (χ1) is 11.5. The summed E-state index contributed by atoms with van der Waals surface area (Å²) >= 11 is 10.6. The van der Waals surface area contributed by atoms with E-state index >= 15 is 0 Å². The van der Waals surface area contributed by atoms with Gasteiger partial charge < -0.3 is 14.0 Å². The Bertz CT molecular complexity index is 822. The van der Waals surface area contributed by atoms with Crippen LogP contribution in [0.25, 0.3) is 17.3 Å². The van der Waals surface area contributed by atoms with Crippen molar-refractivity contribution in [2.75, 3.05) is 13.7 Å². The molecule has 2 aromatic rings. The Balaban J connectivity index is 1.91. The number of ether oxygens (including phenoxy) is 2. The number of hydrogen-bond donors (Lipinski definition) is 0. The maximum Gasteiger partial charge on any atom is 0.270 e. The summed E-state index contributed by atoms with van der Waals surface area (Å²) in [6.45, 7) is 2.70. The second-order valence-corrected chi connectivity index (χ2v) is 6.09. The molecule has 0 amide bonds. The van der Waals surface area contributed by atoms with E-state index in [1.807, 2.05) is 55.3 Å². The van der Waals surface area contributed by atoms with Gasteiger partial charge in [0.2, 0.25) is 0 Å². The molecule has 1 aliphatic heterocycles. The third kappa shape index (κ3) is 2.95. The highest BCUT2D eigenvalue weighted by Gasteiger charge is 2.28. The summed E-state index contributed by atoms with van der Waals surface area (Å²) in [5.74, 6) is 1.47. The normalized spacial score (nSPS) is 16.0. The Labute approximate surface area is 152 Å². The van der Waals surface area contributed by atoms with Gasteiger partial charge in [-0.15, -0.1) is 0 Å². The van der Waals surface area contributed by atoms with Crippen LogP contribution in [0.2, 0.25) is 0 Å². The molecule has 0 atom stereocenters. The molecule has 0 aliphatic carbocycles. The molecule has 0 unspecified atom stereocenters. The molecule has 1 aromatic heterocycles. The van der Waals surface area contributed by atoms with Crippen LogP contribution >= 0.6 is 24.4 Å². The zero-order chi connectivity index (χ0) is 17.3. The summed E-state index contributed by atoms with van der Waals surface area (Å²) < 4.78 is 12.9. The van der Waals surface area contributed by atoms with Crippen molar-refractivity contribution < 1.29 is 9.47 Å². The van der Waals surface area contributed by atoms with E-state index < -0.39 is 0 Å². The second-order valence-electron chi connectivity index (χ2n) is 5.36. The van der Waals surface area contributed by atoms with Gasteiger partial charge in [-0.25, -0.2) is 0 Å². The number of nitrogens with zero attached hydrogens (tertiary/aromatic N) is 2. The Morgan fingerprint density at radius 2 is 1.83 bits per heavy atom. The molecule has 4 nitrogen and oxygen atoms in total. The molecular formula is C18H18N2O2S2. The fraction of sp³-hybridized carbons (Fsp3) is 0.222. The number of rotatable bonds is 4. The Hall–Kier alpha value is -2.18. The lowest BCUT2D eigenvalue weighted by Gasteiger charge is -2.09. The highest BCUT2D eigenvalue weighted by Crippen LogP contribution is 2.27. The molecule has 1 aliphatic rings. The molecule has 6 heteroatoms. The minimum Gasteiger partial charge on any atom is -0.497 e. The first-order valence-electron chi connectivity index (χ1n) is 7.60. The van der Waals surface area contributed by atoms with Gasteiger partial charge in [0.1, 0.15) is 5.75 Å². The number of methoxy groups -OCH3 is 1. The van der Waals surface area contributed by atoms with E-state index in [-0.39, 0.29) is 0 Å². The van der Waals surface area contributed by atoms with Gasteiger partial charge in [0.05, 0.1) is 7.11 Å². The van der Waals surface area contributed by atoms with Gasteiger partial charge in [-0.1, -0.05) is 12.2 Å². The third-order valence-corrected chi connectivity index (χ3v) is 4.74. The maximum atomic E-state index is 5.63. The van der Waals surface area contributed by atoms with Crippen LogP contribution in [0.15, 0.2) is 42.2 Å². The molecule has 1 fully saturated rings. The summed E-state index contributed by atoms with van der Waals surface area (Å²) in [5, 5.41) is 0.415. The minimum absolute atomic E-state index is 0.415. The van der Waals surface area contributed by atoms with Crippen molar-refractivity contribution in [1.82, 2.24) is 9.47 Å². The van der Waals surface area contributed by atoms with E-state index in [4.69, 9.17) is 33.9 Å². The van der Waals surface area contributed by atoms with Gasteiger partial charge in [0.25, 0.3) is 5.17 Å². The molecule has 0 N–H and O–H groups in total. The number of likely N-dealkylation sites (N-methyl/N-ethyl adjacent to an activating group) is 1. The Morgan fingerprint density at radius 3 is 2.42 bits per heavy atom. The molecule has 0 bridgehead atoms. The fourth-order valence-corrected chi connectivity index (χ4v) is 3.31. The summed E-state index contributed by atoms with van der Waals surface area (Å²) in [5.41, 5.74) is 3.21. The van der Waals surface area contributed by atoms with Gasteiger partial charge in [0, 0.05) is 31.1 Å². The van der Waals surface area contributed by atoms with Crippen LogP contribution in [0, 0.1) is 0 Å². The van der Waals surface area contributed by atoms with E-state index in [0.717, 1.165) is 22.7 Å². The highest BCUT2D eigenvalue weighted by molar-refractivity contribution is 7.82. The van der Waals surface area contributed by atoms with Crippen LogP contribution in [0.1, 0.15) is 12.6 Å². The van der Waals surface area contributed by atoms with Gasteiger partial charge in [-0.2, -0.15) is 0 Å². The minimum atomic E-state index is 0.415. The van der Waals surface area contributed by atoms with Gasteiger partial charge >= 0.3 is 0 Å². The molecule has 0 spiro atoms. The quantitative estimate of drug-likeness (QED) is 0.608. The van der Waals surface area contributed by atoms with E-state index in [1.54, 1.807) is 7.11 Å². The Kier molecular flexibility index (Phi) is 4.69. The zero-order valence-corrected chi connectivity index (χ0v) is 15.4. The summed E-state index contributed by atoms with van der Waals surface area (Å²) in [7, 11) is 3.68. The number of aromatic nitrogens is 1. The van der Waals surface area contributed by atoms with Crippen LogP contribution in [0.4, 0.5) is 0 Å². The van der Waals surface area contributed by atoms with Crippen LogP contribution in [0.3, 0.4) is 0 Å². The molecular weight excluding hydrogens is 340 g/mol. The van der Waals surface area contributed by atoms with Gasteiger partial charge in [-0.3, -0.25) is 4.90 Å². The lowest BCUT2D eigenvalue weighted by atomic mass is 10.1. The smallest absolute Gasteiger partial charge is 0.270 e. The largest absolute Gasteiger partial charge is 0.497 e. The van der Waals surface area contributed by atoms with Crippen molar-refractivity contribution in [2.24, 2.45) is 7.05 Å². The van der Waals surface area contributed by atoms with Crippen molar-refractivity contribution in [3.05, 3.63) is 47.9 Å². The standard InChI is InChI=1S/C18H18N2O2S2/c1-4-20-17(23)16(22-18(20)24)11-13-7-10-15(19(13)2)12-5-8-14(21-3)9-6-12/h5-11H,4H2,1-3H3. The summed E-state index contributed by atoms with van der Waals surface area (Å²) in [4.78, 5) is 2.44. The molecule has 124 valence electrons. The Morgan fingerprint density at radius 1 is 1.12 bits per heavy atom. The van der Waals surface area contributed by atoms with Crippen LogP contribution in [-0.4, -0.2) is 33.3 Å². The van der Waals surface area contributed by atoms with Crippen LogP contribution in [0.5, 0.6) is 5.75 Å². The lowest BCUT2D eigenvalue weighted by Crippen LogP contribution is -2.26. The van der Waals surface area contributed by atoms with Crippen molar-refractivity contribution in [2.45, 2.75) is 6.92 Å². The van der Waals surface area contributed by atoms with Crippen LogP contribution < -0.4 is 4.74 Å². The molecule has 1 aromatic carbocycles. The first kappa shape index (κ1) is 16.7. The molecule has 0 radical (unpaired) electrons. The average molecular weight is 358 g/mol. The van der Waals surface area contributed by atoms with E-state index in [0.29, 0.717) is 22.5 Å². The zero-order valence-electron chi connectivity index (χ0n) is 13.8. The third-order valence-electron chi connectivity index (χ3n) is 4.02. The molecule has 24 heavy (non-hydrogen) atoms. The van der Waals surface area contributed by atoms with Crippen molar-refractivity contribution in [1.29, 1.82) is 0 Å². The predicted molar refractivity (Wildman–Crippen MR) is 104 cm³/mol. The molecule has 1 saturated heterocycles. The maximum absolute atomic E-state index is 5.63. The molecule has 2 heterocycles. The van der Waals surface area contributed by atoms with E-state index in [2.05, 4.69) is 10.6 Å².